The summed E-state index contributed by atoms with van der Waals surface area (Å²) in [6, 6.07) is 13.0. The first-order chi connectivity index (χ1) is 20.5. The van der Waals surface area contributed by atoms with Crippen molar-refractivity contribution in [3.63, 3.8) is 0 Å². The summed E-state index contributed by atoms with van der Waals surface area (Å²) < 4.78 is 17.1. The van der Waals surface area contributed by atoms with Gasteiger partial charge in [0, 0.05) is 36.8 Å². The molecular formula is C33H37N5O5. The van der Waals surface area contributed by atoms with Crippen LogP contribution in [0, 0.1) is 25.2 Å². The molecule has 1 aliphatic rings. The lowest BCUT2D eigenvalue weighted by Crippen LogP contribution is -2.38. The van der Waals surface area contributed by atoms with Gasteiger partial charge in [0.15, 0.2) is 0 Å². The van der Waals surface area contributed by atoms with Gasteiger partial charge in [0.05, 0.1) is 23.9 Å². The molecule has 10 heteroatoms. The van der Waals surface area contributed by atoms with Gasteiger partial charge in [-0.2, -0.15) is 10.2 Å². The second-order valence-electron chi connectivity index (χ2n) is 11.2. The number of nitrogens with zero attached hydrogens (tertiary/aromatic N) is 4. The van der Waals surface area contributed by atoms with E-state index in [2.05, 4.69) is 11.4 Å². The van der Waals surface area contributed by atoms with Gasteiger partial charge in [-0.3, -0.25) is 0 Å². The van der Waals surface area contributed by atoms with Crippen molar-refractivity contribution in [2.75, 3.05) is 25.0 Å². The van der Waals surface area contributed by atoms with Crippen molar-refractivity contribution in [1.82, 2.24) is 14.9 Å². The molecule has 2 heterocycles. The summed E-state index contributed by atoms with van der Waals surface area (Å²) in [5.41, 5.74) is 4.83. The van der Waals surface area contributed by atoms with E-state index in [4.69, 9.17) is 29.4 Å². The van der Waals surface area contributed by atoms with Crippen molar-refractivity contribution in [3.05, 3.63) is 76.0 Å². The fraction of sp³-hybridized carbons (Fsp3) is 0.364. The number of anilines is 2. The number of carbonyl (C=O) groups excluding carboxylic acids is 2. The van der Waals surface area contributed by atoms with Gasteiger partial charge in [-0.05, 0) is 107 Å². The van der Waals surface area contributed by atoms with Crippen LogP contribution in [-0.4, -0.2) is 52.2 Å². The Kier molecular flexibility index (Phi) is 9.66. The number of hydrogen-bond donors (Lipinski definition) is 1. The third kappa shape index (κ3) is 8.32. The molecule has 0 aliphatic carbocycles. The summed E-state index contributed by atoms with van der Waals surface area (Å²) >= 11 is 0. The van der Waals surface area contributed by atoms with Crippen LogP contribution >= 0.6 is 0 Å². The normalized spacial score (nSPS) is 13.1. The molecule has 3 aromatic rings. The van der Waals surface area contributed by atoms with Gasteiger partial charge >= 0.3 is 12.1 Å². The van der Waals surface area contributed by atoms with Crippen molar-refractivity contribution < 1.29 is 23.8 Å². The van der Waals surface area contributed by atoms with Crippen LogP contribution < -0.4 is 10.1 Å². The highest BCUT2D eigenvalue weighted by Gasteiger charge is 2.27. The van der Waals surface area contributed by atoms with Crippen LogP contribution in [0.4, 0.5) is 16.4 Å². The zero-order valence-corrected chi connectivity index (χ0v) is 25.5. The summed E-state index contributed by atoms with van der Waals surface area (Å²) in [5.74, 6) is 0.984. The quantitative estimate of drug-likeness (QED) is 0.248. The lowest BCUT2D eigenvalue weighted by atomic mass is 10.0. The molecule has 0 bridgehead atoms. The number of rotatable bonds is 7. The van der Waals surface area contributed by atoms with E-state index in [1.807, 2.05) is 46.8 Å². The number of nitrogens with one attached hydrogen (secondary N) is 1. The Balaban J connectivity index is 1.67. The minimum atomic E-state index is -0.602. The smallest absolute Gasteiger partial charge is 0.410 e. The van der Waals surface area contributed by atoms with E-state index < -0.39 is 11.6 Å². The number of ether oxygens (including phenoxy) is 3. The number of fused-ring (bicyclic) bond motifs is 1. The van der Waals surface area contributed by atoms with Crippen LogP contribution in [0.1, 0.15) is 61.2 Å². The number of carbonyl (C=O) groups is 2. The van der Waals surface area contributed by atoms with Crippen molar-refractivity contribution >= 4 is 29.8 Å². The third-order valence-electron chi connectivity index (χ3n) is 6.61. The molecule has 224 valence electrons. The summed E-state index contributed by atoms with van der Waals surface area (Å²) in [4.78, 5) is 35.9. The summed E-state index contributed by atoms with van der Waals surface area (Å²) in [6.45, 7) is 12.4. The molecule has 1 amide bonds. The predicted octanol–water partition coefficient (Wildman–Crippen LogP) is 6.41. The average Bonchev–Trinajstić information content (AvgIpc) is 3.16. The number of benzene rings is 2. The third-order valence-corrected chi connectivity index (χ3v) is 6.61. The molecule has 0 radical (unpaired) electrons. The van der Waals surface area contributed by atoms with Crippen LogP contribution in [-0.2, 0) is 27.1 Å². The maximum absolute atomic E-state index is 12.9. The first-order valence-corrected chi connectivity index (χ1v) is 14.2. The van der Waals surface area contributed by atoms with E-state index in [0.29, 0.717) is 55.7 Å². The van der Waals surface area contributed by atoms with Crippen molar-refractivity contribution in [3.8, 4) is 17.7 Å². The molecule has 0 saturated carbocycles. The first-order valence-electron chi connectivity index (χ1n) is 14.2. The summed E-state index contributed by atoms with van der Waals surface area (Å²) in [7, 11) is 0. The highest BCUT2D eigenvalue weighted by molar-refractivity contribution is 5.87. The second kappa shape index (κ2) is 13.4. The maximum Gasteiger partial charge on any atom is 0.410 e. The molecule has 10 nitrogen and oxygen atoms in total. The lowest BCUT2D eigenvalue weighted by Gasteiger charge is -2.26. The van der Waals surface area contributed by atoms with E-state index in [-0.39, 0.29) is 6.09 Å². The van der Waals surface area contributed by atoms with Gasteiger partial charge in [0.1, 0.15) is 11.4 Å². The molecule has 0 saturated heterocycles. The molecule has 1 aromatic heterocycles. The van der Waals surface area contributed by atoms with Gasteiger partial charge in [0.25, 0.3) is 0 Å². The SMILES string of the molecule is CCOC(=O)/C=C/c1cc(C)c(Oc2nc(Nc3ccc(C#N)cc3)nc3c2CCN(C(=O)OC(C)(C)C)CC3)c(C)c1. The molecule has 1 aliphatic heterocycles. The zero-order chi connectivity index (χ0) is 31.1. The standard InChI is InChI=1S/C33H37N5O5/c1-7-41-28(39)13-10-24-18-21(2)29(22(3)19-24)42-30-26-14-16-38(32(40)43-33(4,5)6)17-15-27(26)36-31(37-30)35-25-11-8-23(20-34)9-12-25/h8-13,18-19H,7,14-17H2,1-6H3,(H,35,36,37)/b13-10+. The van der Waals surface area contributed by atoms with Gasteiger partial charge in [0.2, 0.25) is 11.8 Å². The molecule has 4 rings (SSSR count). The van der Waals surface area contributed by atoms with Crippen LogP contribution in [0.25, 0.3) is 6.08 Å². The number of esters is 1. The van der Waals surface area contributed by atoms with Crippen LogP contribution in [0.15, 0.2) is 42.5 Å². The minimum Gasteiger partial charge on any atom is -0.463 e. The number of aryl methyl sites for hydroxylation is 2. The van der Waals surface area contributed by atoms with Gasteiger partial charge in [-0.25, -0.2) is 14.6 Å². The molecule has 1 N–H and O–H groups in total. The fourth-order valence-electron chi connectivity index (χ4n) is 4.66. The Morgan fingerprint density at radius 2 is 1.74 bits per heavy atom. The zero-order valence-electron chi connectivity index (χ0n) is 25.5. The highest BCUT2D eigenvalue weighted by Crippen LogP contribution is 2.34. The van der Waals surface area contributed by atoms with Crippen molar-refractivity contribution in [1.29, 1.82) is 5.26 Å². The molecule has 2 aromatic carbocycles. The lowest BCUT2D eigenvalue weighted by molar-refractivity contribution is -0.137. The van der Waals surface area contributed by atoms with Gasteiger partial charge < -0.3 is 24.4 Å². The molecule has 0 unspecified atom stereocenters. The van der Waals surface area contributed by atoms with E-state index in [0.717, 1.165) is 33.6 Å². The highest BCUT2D eigenvalue weighted by atomic mass is 16.6. The van der Waals surface area contributed by atoms with E-state index in [9.17, 15) is 9.59 Å². The Morgan fingerprint density at radius 3 is 2.37 bits per heavy atom. The Morgan fingerprint density at radius 1 is 1.07 bits per heavy atom. The number of nitriles is 1. The predicted molar refractivity (Wildman–Crippen MR) is 163 cm³/mol. The van der Waals surface area contributed by atoms with Gasteiger partial charge in [-0.1, -0.05) is 0 Å². The summed E-state index contributed by atoms with van der Waals surface area (Å²) in [5, 5.41) is 12.4. The Hall–Kier alpha value is -4.91. The number of hydrogen-bond acceptors (Lipinski definition) is 9. The largest absolute Gasteiger partial charge is 0.463 e. The van der Waals surface area contributed by atoms with E-state index >= 15 is 0 Å². The van der Waals surface area contributed by atoms with Gasteiger partial charge in [-0.15, -0.1) is 0 Å². The topological polar surface area (TPSA) is 127 Å². The molecule has 0 spiro atoms. The average molecular weight is 584 g/mol. The van der Waals surface area contributed by atoms with E-state index in [1.165, 1.54) is 6.08 Å². The maximum atomic E-state index is 12.9. The van der Waals surface area contributed by atoms with Crippen LogP contribution in [0.5, 0.6) is 11.6 Å². The first kappa shape index (κ1) is 31.0. The number of aromatic nitrogens is 2. The van der Waals surface area contributed by atoms with Crippen molar-refractivity contribution in [2.24, 2.45) is 0 Å². The summed E-state index contributed by atoms with van der Waals surface area (Å²) in [6.07, 6.45) is 3.72. The fourth-order valence-corrected chi connectivity index (χ4v) is 4.66. The molecule has 43 heavy (non-hydrogen) atoms. The second-order valence-corrected chi connectivity index (χ2v) is 11.2. The monoisotopic (exact) mass is 583 g/mol. The molecule has 0 atom stereocenters. The molecular weight excluding hydrogens is 546 g/mol. The van der Waals surface area contributed by atoms with Crippen molar-refractivity contribution in [2.45, 2.75) is 60.0 Å². The van der Waals surface area contributed by atoms with Crippen LogP contribution in [0.3, 0.4) is 0 Å². The minimum absolute atomic E-state index is 0.314. The molecule has 0 fully saturated rings. The Bertz CT molecular complexity index is 1550. The van der Waals surface area contributed by atoms with Crippen LogP contribution in [0.2, 0.25) is 0 Å². The number of amides is 1. The van der Waals surface area contributed by atoms with E-state index in [1.54, 1.807) is 42.2 Å². The Labute approximate surface area is 252 Å².